The number of allylic oxidation sites excluding steroid dienone is 8. The van der Waals surface area contributed by atoms with Crippen molar-refractivity contribution in [2.45, 2.75) is 32.4 Å². The van der Waals surface area contributed by atoms with Crippen LogP contribution in [0.2, 0.25) is 4.68 Å². The van der Waals surface area contributed by atoms with Crippen molar-refractivity contribution in [3.8, 4) is 0 Å². The van der Waals surface area contributed by atoms with Gasteiger partial charge in [0.1, 0.15) is 0 Å². The van der Waals surface area contributed by atoms with Crippen LogP contribution in [-0.4, -0.2) is 12.2 Å². The Labute approximate surface area is 286 Å². The average Bonchev–Trinajstić information content (AvgIpc) is 3.51. The summed E-state index contributed by atoms with van der Waals surface area (Å²) in [5.41, 5.74) is 8.71. The molecule has 2 aliphatic carbocycles. The Hall–Kier alpha value is -2.43. The summed E-state index contributed by atoms with van der Waals surface area (Å²) in [6.07, 6.45) is 5.19. The Bertz CT molecular complexity index is 2010. The molecule has 0 radical (unpaired) electrons. The monoisotopic (exact) mass is 858 g/mol. The molecule has 0 amide bonds. The van der Waals surface area contributed by atoms with E-state index in [0.29, 0.717) is 11.8 Å². The van der Waals surface area contributed by atoms with Gasteiger partial charge in [-0.3, -0.25) is 0 Å². The number of hydrogen-bond acceptors (Lipinski definition) is 0. The summed E-state index contributed by atoms with van der Waals surface area (Å²) in [6, 6.07) is 43.1. The largest absolute Gasteiger partial charge is 0.147 e. The number of fused-ring (bicyclic) bond motifs is 2. The zero-order valence-electron chi connectivity index (χ0n) is 26.8. The van der Waals surface area contributed by atoms with Crippen molar-refractivity contribution in [2.24, 2.45) is 11.8 Å². The van der Waals surface area contributed by atoms with Crippen LogP contribution in [0.1, 0.15) is 38.8 Å². The fourth-order valence-electron chi connectivity index (χ4n) is 8.99. The summed E-state index contributed by atoms with van der Waals surface area (Å²) < 4.78 is 7.97. The Balaban J connectivity index is 0.00000200. The first-order valence-corrected chi connectivity index (χ1v) is 39.3. The molecule has 0 aliphatic heterocycles. The van der Waals surface area contributed by atoms with E-state index >= 15 is 0 Å². The second kappa shape index (κ2) is 12.6. The molecule has 0 saturated carbocycles. The van der Waals surface area contributed by atoms with Gasteiger partial charge in [0.05, 0.1) is 0 Å². The zero-order chi connectivity index (χ0) is 30.0. The average molecular weight is 857 g/mol. The second-order valence-corrected chi connectivity index (χ2v) is 64.0. The summed E-state index contributed by atoms with van der Waals surface area (Å²) in [7, 11) is 0. The number of rotatable bonds is 5. The van der Waals surface area contributed by atoms with Crippen molar-refractivity contribution >= 4 is 73.0 Å². The van der Waals surface area contributed by atoms with Crippen molar-refractivity contribution in [3.63, 3.8) is 0 Å². The smallest absolute Gasteiger partial charge is 0.147 e. The van der Waals surface area contributed by atoms with Crippen LogP contribution in [-0.2, 0) is 15.4 Å². The number of halogens is 2. The van der Waals surface area contributed by atoms with Gasteiger partial charge in [0.2, 0.25) is 0 Å². The van der Waals surface area contributed by atoms with Crippen LogP contribution < -0.4 is 3.32 Å². The predicted octanol–water partition coefficient (Wildman–Crippen LogP) is 10.8. The molecule has 4 heteroatoms. The molecule has 2 atom stereocenters. The van der Waals surface area contributed by atoms with Gasteiger partial charge in [-0.15, -0.1) is 24.8 Å². The quantitative estimate of drug-likeness (QED) is 0.155. The minimum atomic E-state index is -4.17. The van der Waals surface area contributed by atoms with Gasteiger partial charge in [-0.1, -0.05) is 0 Å². The van der Waals surface area contributed by atoms with Gasteiger partial charge < -0.3 is 0 Å². The minimum absolute atomic E-state index is 0. The molecule has 228 valence electrons. The Kier molecular flexibility index (Phi) is 9.53. The Morgan fingerprint density at radius 3 is 1.33 bits per heavy atom. The molecule has 7 rings (SSSR count). The van der Waals surface area contributed by atoms with E-state index in [0.717, 1.165) is 0 Å². The van der Waals surface area contributed by atoms with Crippen molar-refractivity contribution < 1.29 is 15.4 Å². The molecule has 2 aliphatic rings. The van der Waals surface area contributed by atoms with Crippen molar-refractivity contribution in [3.05, 3.63) is 156 Å². The maximum Gasteiger partial charge on any atom is -0.147 e. The minimum Gasteiger partial charge on any atom is -0.147 e. The predicted molar refractivity (Wildman–Crippen MR) is 203 cm³/mol. The third-order valence-electron chi connectivity index (χ3n) is 10.5. The van der Waals surface area contributed by atoms with Crippen LogP contribution in [0.4, 0.5) is 0 Å². The third-order valence-corrected chi connectivity index (χ3v) is 53.9. The molecule has 45 heavy (non-hydrogen) atoms. The van der Waals surface area contributed by atoms with Crippen LogP contribution in [0.15, 0.2) is 145 Å². The fourth-order valence-corrected chi connectivity index (χ4v) is 58.1. The topological polar surface area (TPSA) is 0 Å². The van der Waals surface area contributed by atoms with Crippen LogP contribution in [0, 0.1) is 11.8 Å². The van der Waals surface area contributed by atoms with E-state index in [2.05, 4.69) is 160 Å². The summed E-state index contributed by atoms with van der Waals surface area (Å²) >= 11 is -2.85. The molecular formula is C41H42Cl2GeHf. The molecule has 0 heterocycles. The van der Waals surface area contributed by atoms with Gasteiger partial charge >= 0.3 is 264 Å². The van der Waals surface area contributed by atoms with E-state index in [9.17, 15) is 0 Å². The summed E-state index contributed by atoms with van der Waals surface area (Å²) in [6.45, 7) is 9.84. The second-order valence-electron chi connectivity index (χ2n) is 13.2. The number of hydrogen-bond donors (Lipinski definition) is 0. The normalized spacial score (nSPS) is 18.5. The Morgan fingerprint density at radius 1 is 0.511 bits per heavy atom. The first kappa shape index (κ1) is 33.9. The van der Waals surface area contributed by atoms with Crippen molar-refractivity contribution in [1.82, 2.24) is 0 Å². The Morgan fingerprint density at radius 2 is 0.889 bits per heavy atom. The molecule has 0 saturated heterocycles. The van der Waals surface area contributed by atoms with Crippen LogP contribution >= 0.6 is 24.8 Å². The van der Waals surface area contributed by atoms with Crippen molar-refractivity contribution in [2.75, 3.05) is 0 Å². The maximum atomic E-state index is 2.79. The van der Waals surface area contributed by atoms with E-state index in [1.54, 1.807) is 9.98 Å². The van der Waals surface area contributed by atoms with Gasteiger partial charge in [-0.2, -0.15) is 0 Å². The van der Waals surface area contributed by atoms with Crippen LogP contribution in [0.3, 0.4) is 0 Å². The summed E-state index contributed by atoms with van der Waals surface area (Å²) in [5.74, 6) is 0.828. The van der Waals surface area contributed by atoms with Crippen LogP contribution in [0.25, 0.3) is 32.7 Å². The molecule has 0 bridgehead atoms. The molecule has 0 N–H and O–H groups in total. The van der Waals surface area contributed by atoms with E-state index in [1.807, 2.05) is 0 Å². The molecule has 0 nitrogen and oxygen atoms in total. The first-order chi connectivity index (χ1) is 20.7. The molecule has 2 unspecified atom stereocenters. The molecule has 0 fully saturated rings. The fraction of sp³-hybridized carbons (Fsp3) is 0.171. The zero-order valence-corrected chi connectivity index (χ0v) is 35.0. The van der Waals surface area contributed by atoms with Gasteiger partial charge in [0.25, 0.3) is 0 Å². The van der Waals surface area contributed by atoms with Crippen molar-refractivity contribution in [1.29, 1.82) is 0 Å². The standard InChI is InChI=1S/2C17H15.C6H5.CH3.2ClH.GeH2.Hf/c2*1-12-10-13(2)17(11-12)16-9-5-7-14-6-3-4-8-15(14)16;1-2-4-6-5-3-1;;;;;/h2*3-9,11-12H,1-2H3;1-5H;1H3;2*1H;1H2;. The third kappa shape index (κ3) is 5.23. The van der Waals surface area contributed by atoms with Crippen LogP contribution in [0.5, 0.6) is 0 Å². The molecule has 0 aromatic heterocycles. The van der Waals surface area contributed by atoms with Gasteiger partial charge in [0.15, 0.2) is 0 Å². The summed E-state index contributed by atoms with van der Waals surface area (Å²) in [5, 5.41) is 5.34. The maximum absolute atomic E-state index is 4.17. The van der Waals surface area contributed by atoms with Gasteiger partial charge in [0, 0.05) is 0 Å². The molecule has 0 spiro atoms. The van der Waals surface area contributed by atoms with E-state index in [4.69, 9.17) is 0 Å². The first-order valence-electron chi connectivity index (χ1n) is 15.6. The molecule has 5 aromatic carbocycles. The van der Waals surface area contributed by atoms with E-state index < -0.39 is 15.4 Å². The van der Waals surface area contributed by atoms with Gasteiger partial charge in [-0.05, 0) is 0 Å². The number of benzene rings is 5. The van der Waals surface area contributed by atoms with E-state index in [-0.39, 0.29) is 24.8 Å². The molecular weight excluding hydrogens is 814 g/mol. The van der Waals surface area contributed by atoms with E-state index in [1.165, 1.54) is 67.2 Å². The summed E-state index contributed by atoms with van der Waals surface area (Å²) in [4.78, 5) is 0. The molecule has 5 aromatic rings. The SMILES string of the molecule is CC1=[C]([Hf]([CH3])(=[GeH2])([C]2=C(C)C(c3cccc4ccccc34)=CC2C)[c]2ccccc2)C(C)C=C1c1cccc2ccccc12.Cl.Cl. The van der Waals surface area contributed by atoms with Gasteiger partial charge in [-0.25, -0.2) is 0 Å².